The number of nitrogens with two attached hydrogens (primary N) is 1. The molecule has 0 aliphatic carbocycles. The zero-order valence-corrected chi connectivity index (χ0v) is 16.3. The van der Waals surface area contributed by atoms with Crippen LogP contribution in [-0.2, 0) is 11.4 Å². The largest absolute Gasteiger partial charge is 0.493 e. The zero-order valence-electron chi connectivity index (χ0n) is 16.3. The summed E-state index contributed by atoms with van der Waals surface area (Å²) in [4.78, 5) is 27.6. The molecule has 0 spiro atoms. The number of carbonyl (C=O) groups excluding carboxylic acids is 2. The molecular formula is C22H21N3O5. The van der Waals surface area contributed by atoms with Crippen LogP contribution in [0.4, 0.5) is 5.69 Å². The van der Waals surface area contributed by atoms with E-state index in [-0.39, 0.29) is 12.5 Å². The molecule has 154 valence electrons. The molecule has 0 radical (unpaired) electrons. The van der Waals surface area contributed by atoms with Crippen molar-refractivity contribution in [3.05, 3.63) is 78.0 Å². The predicted octanol–water partition coefficient (Wildman–Crippen LogP) is 2.79. The van der Waals surface area contributed by atoms with Crippen LogP contribution in [0.5, 0.6) is 17.4 Å². The summed E-state index contributed by atoms with van der Waals surface area (Å²) in [6, 6.07) is 17.7. The molecule has 0 bridgehead atoms. The molecule has 0 atom stereocenters. The van der Waals surface area contributed by atoms with Gasteiger partial charge in [0.25, 0.3) is 11.8 Å². The van der Waals surface area contributed by atoms with Crippen molar-refractivity contribution in [2.45, 2.75) is 6.61 Å². The molecule has 1 aromatic heterocycles. The number of methoxy groups -OCH3 is 1. The number of carbonyl (C=O) groups is 2. The number of amides is 2. The Labute approximate surface area is 173 Å². The van der Waals surface area contributed by atoms with Crippen LogP contribution in [0.2, 0.25) is 0 Å². The topological polar surface area (TPSA) is 113 Å². The highest BCUT2D eigenvalue weighted by Gasteiger charge is 2.12. The number of benzene rings is 2. The van der Waals surface area contributed by atoms with Gasteiger partial charge < -0.3 is 25.3 Å². The fourth-order valence-electron chi connectivity index (χ4n) is 2.55. The number of nitrogens with zero attached hydrogens (tertiary/aromatic N) is 1. The second-order valence-corrected chi connectivity index (χ2v) is 6.23. The highest BCUT2D eigenvalue weighted by atomic mass is 16.5. The van der Waals surface area contributed by atoms with Crippen molar-refractivity contribution in [3.8, 4) is 17.4 Å². The third-order valence-electron chi connectivity index (χ3n) is 4.02. The number of primary amides is 1. The molecule has 1 heterocycles. The van der Waals surface area contributed by atoms with Crippen molar-refractivity contribution >= 4 is 17.5 Å². The van der Waals surface area contributed by atoms with Gasteiger partial charge in [-0.3, -0.25) is 9.59 Å². The molecule has 0 fully saturated rings. The van der Waals surface area contributed by atoms with Crippen molar-refractivity contribution in [1.82, 2.24) is 4.98 Å². The van der Waals surface area contributed by atoms with E-state index in [4.69, 9.17) is 19.9 Å². The normalized spacial score (nSPS) is 10.2. The molecule has 0 unspecified atom stereocenters. The first-order valence-corrected chi connectivity index (χ1v) is 9.08. The van der Waals surface area contributed by atoms with Gasteiger partial charge in [-0.2, -0.15) is 0 Å². The lowest BCUT2D eigenvalue weighted by atomic mass is 10.2. The Morgan fingerprint density at radius 2 is 1.80 bits per heavy atom. The maximum Gasteiger partial charge on any atom is 0.255 e. The van der Waals surface area contributed by atoms with E-state index >= 15 is 0 Å². The molecule has 3 rings (SSSR count). The fourth-order valence-corrected chi connectivity index (χ4v) is 2.55. The van der Waals surface area contributed by atoms with Gasteiger partial charge in [-0.15, -0.1) is 0 Å². The van der Waals surface area contributed by atoms with Crippen molar-refractivity contribution < 1.29 is 23.8 Å². The summed E-state index contributed by atoms with van der Waals surface area (Å²) in [6.45, 7) is 0.121. The molecule has 2 amide bonds. The van der Waals surface area contributed by atoms with Gasteiger partial charge in [-0.05, 0) is 29.8 Å². The Morgan fingerprint density at radius 1 is 1.00 bits per heavy atom. The summed E-state index contributed by atoms with van der Waals surface area (Å²) in [5, 5.41) is 2.75. The molecule has 3 N–H and O–H groups in total. The van der Waals surface area contributed by atoms with Crippen molar-refractivity contribution in [3.63, 3.8) is 0 Å². The second kappa shape index (κ2) is 9.92. The Hall–Kier alpha value is -4.07. The summed E-state index contributed by atoms with van der Waals surface area (Å²) in [5.74, 6) is 0.118. The van der Waals surface area contributed by atoms with Gasteiger partial charge in [0.2, 0.25) is 5.88 Å². The summed E-state index contributed by atoms with van der Waals surface area (Å²) in [5.41, 5.74) is 6.97. The quantitative estimate of drug-likeness (QED) is 0.564. The molecule has 0 saturated heterocycles. The van der Waals surface area contributed by atoms with Gasteiger partial charge in [-0.25, -0.2) is 4.98 Å². The molecular weight excluding hydrogens is 386 g/mol. The molecule has 8 nitrogen and oxygen atoms in total. The van der Waals surface area contributed by atoms with E-state index in [2.05, 4.69) is 10.3 Å². The predicted molar refractivity (Wildman–Crippen MR) is 111 cm³/mol. The first-order valence-electron chi connectivity index (χ1n) is 9.08. The lowest BCUT2D eigenvalue weighted by Crippen LogP contribution is -2.20. The number of hydrogen-bond acceptors (Lipinski definition) is 6. The first-order chi connectivity index (χ1) is 14.5. The fraction of sp³-hybridized carbons (Fsp3) is 0.136. The van der Waals surface area contributed by atoms with Crippen LogP contribution in [0.25, 0.3) is 0 Å². The SMILES string of the molecule is COc1cc(C(=O)Nc2ccc(OCc3ccccc3)nc2)ccc1OCC(N)=O. The third kappa shape index (κ3) is 5.71. The molecule has 30 heavy (non-hydrogen) atoms. The van der Waals surface area contributed by atoms with Crippen molar-refractivity contribution in [2.24, 2.45) is 5.73 Å². The zero-order chi connectivity index (χ0) is 21.3. The van der Waals surface area contributed by atoms with Gasteiger partial charge in [0.1, 0.15) is 6.61 Å². The average Bonchev–Trinajstić information content (AvgIpc) is 2.77. The molecule has 2 aromatic carbocycles. The summed E-state index contributed by atoms with van der Waals surface area (Å²) in [6.07, 6.45) is 1.51. The minimum absolute atomic E-state index is 0.285. The van der Waals surface area contributed by atoms with Crippen LogP contribution in [0.1, 0.15) is 15.9 Å². The van der Waals surface area contributed by atoms with E-state index in [0.29, 0.717) is 35.2 Å². The summed E-state index contributed by atoms with van der Waals surface area (Å²) >= 11 is 0. The molecule has 0 aliphatic rings. The van der Waals surface area contributed by atoms with Crippen LogP contribution < -0.4 is 25.3 Å². The Balaban J connectivity index is 1.60. The minimum atomic E-state index is -0.609. The van der Waals surface area contributed by atoms with Gasteiger partial charge >= 0.3 is 0 Å². The van der Waals surface area contributed by atoms with Crippen molar-refractivity contribution in [1.29, 1.82) is 0 Å². The Bertz CT molecular complexity index is 1010. The molecule has 0 saturated carbocycles. The Kier molecular flexibility index (Phi) is 6.83. The number of anilines is 1. The minimum Gasteiger partial charge on any atom is -0.493 e. The number of ether oxygens (including phenoxy) is 3. The first kappa shape index (κ1) is 20.7. The second-order valence-electron chi connectivity index (χ2n) is 6.23. The molecule has 8 heteroatoms. The molecule has 3 aromatic rings. The maximum atomic E-state index is 12.5. The van der Waals surface area contributed by atoms with E-state index in [9.17, 15) is 9.59 Å². The van der Waals surface area contributed by atoms with Gasteiger partial charge in [0, 0.05) is 11.6 Å². The summed E-state index contributed by atoms with van der Waals surface area (Å²) < 4.78 is 16.1. The van der Waals surface area contributed by atoms with E-state index < -0.39 is 5.91 Å². The lowest BCUT2D eigenvalue weighted by Gasteiger charge is -2.11. The standard InChI is InChI=1S/C22H21N3O5/c1-28-19-11-16(7-9-18(19)29-14-20(23)26)22(27)25-17-8-10-21(24-12-17)30-13-15-5-3-2-4-6-15/h2-12H,13-14H2,1H3,(H2,23,26)(H,25,27). The van der Waals surface area contributed by atoms with Gasteiger partial charge in [-0.1, -0.05) is 30.3 Å². The summed E-state index contributed by atoms with van der Waals surface area (Å²) in [7, 11) is 1.44. The van der Waals surface area contributed by atoms with Crippen molar-refractivity contribution in [2.75, 3.05) is 19.0 Å². The van der Waals surface area contributed by atoms with E-state index in [1.54, 1.807) is 18.2 Å². The smallest absolute Gasteiger partial charge is 0.255 e. The van der Waals surface area contributed by atoms with Gasteiger partial charge in [0.15, 0.2) is 18.1 Å². The third-order valence-corrected chi connectivity index (χ3v) is 4.02. The van der Waals surface area contributed by atoms with E-state index in [1.165, 1.54) is 25.4 Å². The highest BCUT2D eigenvalue weighted by Crippen LogP contribution is 2.28. The van der Waals surface area contributed by atoms with Crippen LogP contribution in [-0.4, -0.2) is 30.5 Å². The maximum absolute atomic E-state index is 12.5. The number of aromatic nitrogens is 1. The average molecular weight is 407 g/mol. The Morgan fingerprint density at radius 3 is 2.47 bits per heavy atom. The number of pyridine rings is 1. The molecule has 0 aliphatic heterocycles. The number of nitrogens with one attached hydrogen (secondary N) is 1. The van der Waals surface area contributed by atoms with E-state index in [1.807, 2.05) is 30.3 Å². The van der Waals surface area contributed by atoms with Crippen LogP contribution in [0.3, 0.4) is 0 Å². The van der Waals surface area contributed by atoms with Crippen LogP contribution in [0, 0.1) is 0 Å². The van der Waals surface area contributed by atoms with Gasteiger partial charge in [0.05, 0.1) is 19.0 Å². The lowest BCUT2D eigenvalue weighted by molar-refractivity contribution is -0.119. The number of rotatable bonds is 9. The van der Waals surface area contributed by atoms with Crippen LogP contribution >= 0.6 is 0 Å². The van der Waals surface area contributed by atoms with Crippen LogP contribution in [0.15, 0.2) is 66.9 Å². The monoisotopic (exact) mass is 407 g/mol. The highest BCUT2D eigenvalue weighted by molar-refractivity contribution is 6.04. The van der Waals surface area contributed by atoms with E-state index in [0.717, 1.165) is 5.56 Å². The number of hydrogen-bond donors (Lipinski definition) is 2.